The van der Waals surface area contributed by atoms with Gasteiger partial charge in [0.05, 0.1) is 12.2 Å². The predicted octanol–water partition coefficient (Wildman–Crippen LogP) is 3.80. The van der Waals surface area contributed by atoms with Crippen molar-refractivity contribution in [1.82, 2.24) is 4.98 Å². The molecule has 0 unspecified atom stereocenters. The van der Waals surface area contributed by atoms with Gasteiger partial charge in [0.2, 0.25) is 0 Å². The molecule has 5 heteroatoms. The summed E-state index contributed by atoms with van der Waals surface area (Å²) in [7, 11) is 0. The summed E-state index contributed by atoms with van der Waals surface area (Å²) in [4.78, 5) is 16.1. The molecule has 0 fully saturated rings. The highest BCUT2D eigenvalue weighted by molar-refractivity contribution is 9.10. The van der Waals surface area contributed by atoms with Gasteiger partial charge < -0.3 is 10.1 Å². The van der Waals surface area contributed by atoms with Crippen molar-refractivity contribution in [3.05, 3.63) is 52.3 Å². The van der Waals surface area contributed by atoms with Gasteiger partial charge in [0.25, 0.3) is 5.91 Å². The second-order valence-corrected chi connectivity index (χ2v) is 5.17. The third kappa shape index (κ3) is 3.57. The van der Waals surface area contributed by atoms with E-state index in [0.717, 1.165) is 21.5 Å². The van der Waals surface area contributed by atoms with Crippen molar-refractivity contribution in [2.24, 2.45) is 0 Å². The molecule has 0 bridgehead atoms. The number of halogens is 1. The zero-order chi connectivity index (χ0) is 14.5. The summed E-state index contributed by atoms with van der Waals surface area (Å²) in [6.07, 6.45) is 3.17. The predicted molar refractivity (Wildman–Crippen MR) is 82.2 cm³/mol. The molecular weight excluding hydrogens is 320 g/mol. The van der Waals surface area contributed by atoms with Crippen LogP contribution < -0.4 is 10.1 Å². The first-order valence-corrected chi connectivity index (χ1v) is 7.05. The SMILES string of the molecule is CCOc1ccc(NC(=O)c2cncc(Br)c2)c(C)c1. The largest absolute Gasteiger partial charge is 0.494 e. The van der Waals surface area contributed by atoms with E-state index >= 15 is 0 Å². The number of pyridine rings is 1. The molecule has 0 spiro atoms. The molecule has 1 N–H and O–H groups in total. The fourth-order valence-corrected chi connectivity index (χ4v) is 2.13. The van der Waals surface area contributed by atoms with Gasteiger partial charge in [-0.1, -0.05) is 0 Å². The van der Waals surface area contributed by atoms with Crippen LogP contribution in [0.15, 0.2) is 41.1 Å². The van der Waals surface area contributed by atoms with E-state index in [9.17, 15) is 4.79 Å². The first kappa shape index (κ1) is 14.5. The van der Waals surface area contributed by atoms with Crippen LogP contribution >= 0.6 is 15.9 Å². The number of benzene rings is 1. The minimum absolute atomic E-state index is 0.189. The monoisotopic (exact) mass is 334 g/mol. The Morgan fingerprint density at radius 3 is 2.80 bits per heavy atom. The van der Waals surface area contributed by atoms with E-state index in [1.54, 1.807) is 12.3 Å². The Morgan fingerprint density at radius 1 is 1.35 bits per heavy atom. The number of rotatable bonds is 4. The maximum atomic E-state index is 12.1. The third-order valence-electron chi connectivity index (χ3n) is 2.72. The second-order valence-electron chi connectivity index (χ2n) is 4.26. The highest BCUT2D eigenvalue weighted by Gasteiger charge is 2.09. The molecule has 20 heavy (non-hydrogen) atoms. The van der Waals surface area contributed by atoms with Crippen LogP contribution in [0.25, 0.3) is 0 Å². The van der Waals surface area contributed by atoms with E-state index in [2.05, 4.69) is 26.2 Å². The van der Waals surface area contributed by atoms with E-state index in [4.69, 9.17) is 4.74 Å². The summed E-state index contributed by atoms with van der Waals surface area (Å²) in [5.41, 5.74) is 2.22. The van der Waals surface area contributed by atoms with Crippen LogP contribution in [0.3, 0.4) is 0 Å². The van der Waals surface area contributed by atoms with Crippen LogP contribution in [0.1, 0.15) is 22.8 Å². The van der Waals surface area contributed by atoms with Gasteiger partial charge in [-0.25, -0.2) is 0 Å². The molecule has 104 valence electrons. The normalized spacial score (nSPS) is 10.2. The standard InChI is InChI=1S/C15H15BrN2O2/c1-3-20-13-4-5-14(10(2)6-13)18-15(19)11-7-12(16)9-17-8-11/h4-9H,3H2,1-2H3,(H,18,19). The zero-order valence-corrected chi connectivity index (χ0v) is 12.9. The molecule has 1 heterocycles. The lowest BCUT2D eigenvalue weighted by Gasteiger charge is -2.10. The zero-order valence-electron chi connectivity index (χ0n) is 11.3. The van der Waals surface area contributed by atoms with Crippen LogP contribution in [0.4, 0.5) is 5.69 Å². The number of aromatic nitrogens is 1. The average molecular weight is 335 g/mol. The summed E-state index contributed by atoms with van der Waals surface area (Å²) >= 11 is 3.30. The van der Waals surface area contributed by atoms with Gasteiger partial charge in [-0.3, -0.25) is 9.78 Å². The van der Waals surface area contributed by atoms with Crippen LogP contribution in [0.5, 0.6) is 5.75 Å². The van der Waals surface area contributed by atoms with Gasteiger partial charge in [-0.15, -0.1) is 0 Å². The average Bonchev–Trinajstić information content (AvgIpc) is 2.42. The Kier molecular flexibility index (Phi) is 4.74. The van der Waals surface area contributed by atoms with Crippen LogP contribution in [0, 0.1) is 6.92 Å². The van der Waals surface area contributed by atoms with Gasteiger partial charge in [-0.05, 0) is 59.6 Å². The second kappa shape index (κ2) is 6.52. The summed E-state index contributed by atoms with van der Waals surface area (Å²) in [5, 5.41) is 2.87. The quantitative estimate of drug-likeness (QED) is 0.925. The topological polar surface area (TPSA) is 51.2 Å². The number of carbonyl (C=O) groups excluding carboxylic acids is 1. The lowest BCUT2D eigenvalue weighted by molar-refractivity contribution is 0.102. The summed E-state index contributed by atoms with van der Waals surface area (Å²) < 4.78 is 6.19. The minimum Gasteiger partial charge on any atom is -0.494 e. The highest BCUT2D eigenvalue weighted by Crippen LogP contribution is 2.22. The molecule has 1 aromatic heterocycles. The number of aryl methyl sites for hydroxylation is 1. The number of ether oxygens (including phenoxy) is 1. The fourth-order valence-electron chi connectivity index (χ4n) is 1.76. The maximum Gasteiger partial charge on any atom is 0.257 e. The van der Waals surface area contributed by atoms with Crippen molar-refractivity contribution in [2.45, 2.75) is 13.8 Å². The third-order valence-corrected chi connectivity index (χ3v) is 3.16. The Bertz CT molecular complexity index is 629. The molecule has 0 saturated carbocycles. The molecule has 2 rings (SSSR count). The van der Waals surface area contributed by atoms with Crippen molar-refractivity contribution in [1.29, 1.82) is 0 Å². The first-order chi connectivity index (χ1) is 9.60. The smallest absolute Gasteiger partial charge is 0.257 e. The number of anilines is 1. The Morgan fingerprint density at radius 2 is 2.15 bits per heavy atom. The molecule has 0 aliphatic heterocycles. The number of hydrogen-bond acceptors (Lipinski definition) is 3. The molecule has 1 amide bonds. The van der Waals surface area contributed by atoms with E-state index in [1.807, 2.05) is 32.0 Å². The fraction of sp³-hybridized carbons (Fsp3) is 0.200. The molecular formula is C15H15BrN2O2. The van der Waals surface area contributed by atoms with E-state index in [1.165, 1.54) is 6.20 Å². The van der Waals surface area contributed by atoms with Crippen molar-refractivity contribution in [2.75, 3.05) is 11.9 Å². The van der Waals surface area contributed by atoms with Crippen LogP contribution in [-0.2, 0) is 0 Å². The van der Waals surface area contributed by atoms with Crippen LogP contribution in [0.2, 0.25) is 0 Å². The molecule has 0 aliphatic rings. The number of amides is 1. The van der Waals surface area contributed by atoms with E-state index < -0.39 is 0 Å². The van der Waals surface area contributed by atoms with Crippen molar-refractivity contribution in [3.63, 3.8) is 0 Å². The number of nitrogens with zero attached hydrogens (tertiary/aromatic N) is 1. The van der Waals surface area contributed by atoms with Gasteiger partial charge in [-0.2, -0.15) is 0 Å². The molecule has 4 nitrogen and oxygen atoms in total. The molecule has 0 aliphatic carbocycles. The number of hydrogen-bond donors (Lipinski definition) is 1. The van der Waals surface area contributed by atoms with E-state index in [0.29, 0.717) is 12.2 Å². The van der Waals surface area contributed by atoms with Crippen LogP contribution in [-0.4, -0.2) is 17.5 Å². The van der Waals surface area contributed by atoms with Gasteiger partial charge in [0, 0.05) is 22.6 Å². The van der Waals surface area contributed by atoms with Crippen molar-refractivity contribution < 1.29 is 9.53 Å². The van der Waals surface area contributed by atoms with Gasteiger partial charge in [0.1, 0.15) is 5.75 Å². The number of nitrogens with one attached hydrogen (secondary N) is 1. The minimum atomic E-state index is -0.189. The lowest BCUT2D eigenvalue weighted by Crippen LogP contribution is -2.13. The highest BCUT2D eigenvalue weighted by atomic mass is 79.9. The summed E-state index contributed by atoms with van der Waals surface area (Å²) in [6, 6.07) is 7.30. The number of carbonyl (C=O) groups is 1. The van der Waals surface area contributed by atoms with Gasteiger partial charge in [0.15, 0.2) is 0 Å². The molecule has 2 aromatic rings. The summed E-state index contributed by atoms with van der Waals surface area (Å²) in [6.45, 7) is 4.48. The molecule has 0 radical (unpaired) electrons. The Hall–Kier alpha value is -1.88. The van der Waals surface area contributed by atoms with Gasteiger partial charge >= 0.3 is 0 Å². The van der Waals surface area contributed by atoms with Crippen molar-refractivity contribution in [3.8, 4) is 5.75 Å². The molecule has 0 saturated heterocycles. The molecule has 0 atom stereocenters. The van der Waals surface area contributed by atoms with Crippen molar-refractivity contribution >= 4 is 27.5 Å². The Labute approximate surface area is 126 Å². The Balaban J connectivity index is 2.15. The summed E-state index contributed by atoms with van der Waals surface area (Å²) in [5.74, 6) is 0.609. The maximum absolute atomic E-state index is 12.1. The van der Waals surface area contributed by atoms with E-state index in [-0.39, 0.29) is 5.91 Å². The molecule has 1 aromatic carbocycles. The first-order valence-electron chi connectivity index (χ1n) is 6.25. The lowest BCUT2D eigenvalue weighted by atomic mass is 10.1.